The van der Waals surface area contributed by atoms with Crippen LogP contribution in [0, 0.1) is 5.41 Å². The van der Waals surface area contributed by atoms with E-state index < -0.39 is 0 Å². The Labute approximate surface area is 117 Å². The van der Waals surface area contributed by atoms with Crippen LogP contribution < -0.4 is 10.1 Å². The minimum Gasteiger partial charge on any atom is -0.491 e. The predicted molar refractivity (Wildman–Crippen MR) is 80.5 cm³/mol. The Hall–Kier alpha value is -1.02. The van der Waals surface area contributed by atoms with E-state index in [1.807, 2.05) is 6.07 Å². The maximum absolute atomic E-state index is 5.73. The van der Waals surface area contributed by atoms with Crippen LogP contribution in [-0.2, 0) is 6.54 Å². The fraction of sp³-hybridized carbons (Fsp3) is 0.647. The van der Waals surface area contributed by atoms with Crippen LogP contribution in [0.1, 0.15) is 52.5 Å². The third-order valence-corrected chi connectivity index (χ3v) is 3.83. The zero-order valence-corrected chi connectivity index (χ0v) is 12.7. The minimum atomic E-state index is 0.235. The number of nitrogens with one attached hydrogen (secondary N) is 1. The van der Waals surface area contributed by atoms with Crippen molar-refractivity contribution < 1.29 is 4.74 Å². The van der Waals surface area contributed by atoms with Crippen LogP contribution in [0.5, 0.6) is 5.75 Å². The summed E-state index contributed by atoms with van der Waals surface area (Å²) in [4.78, 5) is 0. The Bertz CT molecular complexity index is 411. The number of rotatable bonds is 5. The van der Waals surface area contributed by atoms with Crippen molar-refractivity contribution in [1.29, 1.82) is 0 Å². The van der Waals surface area contributed by atoms with Crippen LogP contribution in [-0.4, -0.2) is 12.1 Å². The van der Waals surface area contributed by atoms with E-state index in [0.29, 0.717) is 11.5 Å². The Balaban J connectivity index is 1.86. The lowest BCUT2D eigenvalue weighted by molar-refractivity contribution is 0.242. The number of ether oxygens (including phenoxy) is 1. The number of hydrogen-bond acceptors (Lipinski definition) is 2. The Morgan fingerprint density at radius 1 is 1.37 bits per heavy atom. The smallest absolute Gasteiger partial charge is 0.120 e. The van der Waals surface area contributed by atoms with Crippen molar-refractivity contribution in [2.24, 2.45) is 5.41 Å². The fourth-order valence-corrected chi connectivity index (χ4v) is 2.87. The molecule has 1 aliphatic carbocycles. The van der Waals surface area contributed by atoms with Gasteiger partial charge in [0.05, 0.1) is 6.10 Å². The van der Waals surface area contributed by atoms with Gasteiger partial charge >= 0.3 is 0 Å². The molecule has 1 saturated carbocycles. The monoisotopic (exact) mass is 261 g/mol. The molecule has 106 valence electrons. The van der Waals surface area contributed by atoms with Gasteiger partial charge in [0.25, 0.3) is 0 Å². The average molecular weight is 261 g/mol. The van der Waals surface area contributed by atoms with Gasteiger partial charge in [-0.15, -0.1) is 0 Å². The summed E-state index contributed by atoms with van der Waals surface area (Å²) in [6, 6.07) is 9.09. The molecule has 0 saturated heterocycles. The van der Waals surface area contributed by atoms with Gasteiger partial charge in [0, 0.05) is 12.6 Å². The summed E-state index contributed by atoms with van der Waals surface area (Å²) in [5.74, 6) is 0.973. The van der Waals surface area contributed by atoms with E-state index in [1.54, 1.807) is 0 Å². The van der Waals surface area contributed by atoms with E-state index in [4.69, 9.17) is 4.74 Å². The van der Waals surface area contributed by atoms with E-state index >= 15 is 0 Å². The molecule has 0 amide bonds. The highest BCUT2D eigenvalue weighted by Gasteiger charge is 2.30. The summed E-state index contributed by atoms with van der Waals surface area (Å²) in [5, 5.41) is 3.68. The second-order valence-electron chi connectivity index (χ2n) is 6.80. The van der Waals surface area contributed by atoms with Crippen molar-refractivity contribution in [1.82, 2.24) is 5.32 Å². The van der Waals surface area contributed by atoms with Crippen LogP contribution >= 0.6 is 0 Å². The van der Waals surface area contributed by atoms with Gasteiger partial charge < -0.3 is 10.1 Å². The summed E-state index contributed by atoms with van der Waals surface area (Å²) in [6.07, 6.45) is 4.16. The topological polar surface area (TPSA) is 21.3 Å². The van der Waals surface area contributed by atoms with E-state index in [2.05, 4.69) is 51.2 Å². The van der Waals surface area contributed by atoms with E-state index in [-0.39, 0.29) is 6.10 Å². The lowest BCUT2D eigenvalue weighted by Crippen LogP contribution is -2.26. The molecule has 1 atom stereocenters. The molecule has 0 spiro atoms. The fourth-order valence-electron chi connectivity index (χ4n) is 2.87. The van der Waals surface area contributed by atoms with Crippen molar-refractivity contribution in [2.75, 3.05) is 0 Å². The average Bonchev–Trinajstić information content (AvgIpc) is 2.66. The van der Waals surface area contributed by atoms with Crippen molar-refractivity contribution in [2.45, 2.75) is 65.6 Å². The van der Waals surface area contributed by atoms with Gasteiger partial charge in [-0.1, -0.05) is 26.0 Å². The van der Waals surface area contributed by atoms with Gasteiger partial charge in [0.1, 0.15) is 5.75 Å². The standard InChI is InChI=1S/C17H27NO/c1-13(2)19-16-7-5-6-14(10-16)12-18-15-8-9-17(3,4)11-15/h5-7,10,13,15,18H,8-9,11-12H2,1-4H3. The zero-order valence-electron chi connectivity index (χ0n) is 12.7. The molecule has 0 heterocycles. The molecule has 1 N–H and O–H groups in total. The van der Waals surface area contributed by atoms with E-state index in [1.165, 1.54) is 24.8 Å². The molecule has 1 aromatic rings. The molecule has 1 unspecified atom stereocenters. The van der Waals surface area contributed by atoms with Gasteiger partial charge in [-0.25, -0.2) is 0 Å². The van der Waals surface area contributed by atoms with Gasteiger partial charge in [0.15, 0.2) is 0 Å². The highest BCUT2D eigenvalue weighted by Crippen LogP contribution is 2.37. The van der Waals surface area contributed by atoms with Gasteiger partial charge in [-0.2, -0.15) is 0 Å². The highest BCUT2D eigenvalue weighted by molar-refractivity contribution is 5.28. The lowest BCUT2D eigenvalue weighted by atomic mass is 9.92. The summed E-state index contributed by atoms with van der Waals surface area (Å²) in [5.41, 5.74) is 1.82. The lowest BCUT2D eigenvalue weighted by Gasteiger charge is -2.18. The molecule has 2 heteroatoms. The predicted octanol–water partition coefficient (Wildman–Crippen LogP) is 4.14. The van der Waals surface area contributed by atoms with E-state index in [9.17, 15) is 0 Å². The van der Waals surface area contributed by atoms with Gasteiger partial charge in [-0.05, 0) is 56.2 Å². The first kappa shape index (κ1) is 14.4. The first-order valence-corrected chi connectivity index (χ1v) is 7.44. The highest BCUT2D eigenvalue weighted by atomic mass is 16.5. The Kier molecular flexibility index (Phi) is 4.51. The molecule has 0 bridgehead atoms. The second-order valence-corrected chi connectivity index (χ2v) is 6.80. The first-order chi connectivity index (χ1) is 8.94. The summed E-state index contributed by atoms with van der Waals surface area (Å²) in [6.45, 7) is 9.80. The van der Waals surface area contributed by atoms with Crippen LogP contribution in [0.15, 0.2) is 24.3 Å². The number of benzene rings is 1. The largest absolute Gasteiger partial charge is 0.491 e. The zero-order chi connectivity index (χ0) is 13.9. The third kappa shape index (κ3) is 4.54. The van der Waals surface area contributed by atoms with Crippen LogP contribution in [0.4, 0.5) is 0 Å². The van der Waals surface area contributed by atoms with Gasteiger partial charge in [-0.3, -0.25) is 0 Å². The molecular formula is C17H27NO. The molecule has 2 nitrogen and oxygen atoms in total. The minimum absolute atomic E-state index is 0.235. The molecule has 1 aromatic carbocycles. The summed E-state index contributed by atoms with van der Waals surface area (Å²) >= 11 is 0. The maximum atomic E-state index is 5.73. The van der Waals surface area contributed by atoms with Crippen LogP contribution in [0.2, 0.25) is 0 Å². The SMILES string of the molecule is CC(C)Oc1cccc(CNC2CCC(C)(C)C2)c1. The quantitative estimate of drug-likeness (QED) is 0.860. The number of hydrogen-bond donors (Lipinski definition) is 1. The molecule has 1 fully saturated rings. The normalized spacial score (nSPS) is 21.8. The molecule has 1 aliphatic rings. The van der Waals surface area contributed by atoms with E-state index in [0.717, 1.165) is 12.3 Å². The Morgan fingerprint density at radius 2 is 2.16 bits per heavy atom. The molecular weight excluding hydrogens is 234 g/mol. The van der Waals surface area contributed by atoms with Crippen molar-refractivity contribution in [3.63, 3.8) is 0 Å². The molecule has 2 rings (SSSR count). The van der Waals surface area contributed by atoms with Crippen LogP contribution in [0.3, 0.4) is 0 Å². The molecule has 0 aromatic heterocycles. The summed E-state index contributed by atoms with van der Waals surface area (Å²) < 4.78 is 5.73. The third-order valence-electron chi connectivity index (χ3n) is 3.83. The van der Waals surface area contributed by atoms with Crippen molar-refractivity contribution >= 4 is 0 Å². The first-order valence-electron chi connectivity index (χ1n) is 7.44. The molecule has 0 aliphatic heterocycles. The van der Waals surface area contributed by atoms with Crippen molar-refractivity contribution in [3.8, 4) is 5.75 Å². The molecule has 19 heavy (non-hydrogen) atoms. The van der Waals surface area contributed by atoms with Crippen LogP contribution in [0.25, 0.3) is 0 Å². The maximum Gasteiger partial charge on any atom is 0.120 e. The van der Waals surface area contributed by atoms with Crippen molar-refractivity contribution in [3.05, 3.63) is 29.8 Å². The second kappa shape index (κ2) is 5.96. The Morgan fingerprint density at radius 3 is 2.79 bits per heavy atom. The molecule has 0 radical (unpaired) electrons. The van der Waals surface area contributed by atoms with Gasteiger partial charge in [0.2, 0.25) is 0 Å². The summed E-state index contributed by atoms with van der Waals surface area (Å²) in [7, 11) is 0.